The summed E-state index contributed by atoms with van der Waals surface area (Å²) in [6.45, 7) is 3.11. The quantitative estimate of drug-likeness (QED) is 0.262. The molecule has 0 bridgehead atoms. The van der Waals surface area contributed by atoms with Crippen molar-refractivity contribution in [2.75, 3.05) is 17.5 Å². The minimum Gasteiger partial charge on any atom is -0.494 e. The van der Waals surface area contributed by atoms with Crippen LogP contribution in [0.3, 0.4) is 0 Å². The molecule has 2 N–H and O–H groups in total. The fraction of sp³-hybridized carbons (Fsp3) is 0.308. The highest BCUT2D eigenvalue weighted by Crippen LogP contribution is 2.10. The summed E-state index contributed by atoms with van der Waals surface area (Å²) < 4.78 is 5.61. The van der Waals surface area contributed by atoms with E-state index in [0.29, 0.717) is 0 Å². The van der Waals surface area contributed by atoms with Gasteiger partial charge in [-0.05, 0) is 42.8 Å². The number of anilines is 2. The van der Waals surface area contributed by atoms with Gasteiger partial charge in [0.05, 0.1) is 18.0 Å². The molecule has 0 heterocycles. The second kappa shape index (κ2) is 15.0. The van der Waals surface area contributed by atoms with Gasteiger partial charge in [0, 0.05) is 0 Å². The van der Waals surface area contributed by atoms with Gasteiger partial charge in [0.15, 0.2) is 0 Å². The van der Waals surface area contributed by atoms with Crippen LogP contribution in [-0.4, -0.2) is 6.61 Å². The molecule has 0 spiro atoms. The Balaban J connectivity index is 0.000000207. The summed E-state index contributed by atoms with van der Waals surface area (Å²) in [6, 6.07) is 30.1. The molecule has 0 radical (unpaired) electrons. The van der Waals surface area contributed by atoms with Gasteiger partial charge in [0.2, 0.25) is 0 Å². The van der Waals surface area contributed by atoms with Crippen LogP contribution in [0.5, 0.6) is 5.75 Å². The molecule has 0 amide bonds. The van der Waals surface area contributed by atoms with Crippen molar-refractivity contribution in [2.24, 2.45) is 0 Å². The van der Waals surface area contributed by atoms with Crippen LogP contribution in [0.2, 0.25) is 0 Å². The molecule has 0 saturated carbocycles. The third-order valence-electron chi connectivity index (χ3n) is 4.41. The van der Waals surface area contributed by atoms with Crippen LogP contribution in [-0.2, 0) is 0 Å². The van der Waals surface area contributed by atoms with Crippen LogP contribution in [0.15, 0.2) is 91.0 Å². The van der Waals surface area contributed by atoms with Gasteiger partial charge in [-0.3, -0.25) is 0 Å². The molecule has 0 aliphatic heterocycles. The molecule has 0 aromatic heterocycles. The molecule has 0 saturated heterocycles. The number of unbranched alkanes of at least 4 members (excludes halogenated alkanes) is 5. The first-order valence-corrected chi connectivity index (χ1v) is 10.7. The molecule has 3 aromatic rings. The number of para-hydroxylation sites is 3. The lowest BCUT2D eigenvalue weighted by atomic mass is 10.1. The van der Waals surface area contributed by atoms with Crippen LogP contribution >= 0.6 is 0 Å². The van der Waals surface area contributed by atoms with E-state index in [1.165, 1.54) is 38.5 Å². The van der Waals surface area contributed by atoms with E-state index >= 15 is 0 Å². The highest BCUT2D eigenvalue weighted by atomic mass is 16.5. The number of hydrogen-bond donors (Lipinski definition) is 2. The fourth-order valence-electron chi connectivity index (χ4n) is 2.78. The summed E-state index contributed by atoms with van der Waals surface area (Å²) in [5.74, 6) is 0.992. The van der Waals surface area contributed by atoms with Gasteiger partial charge >= 0.3 is 0 Å². The first-order valence-electron chi connectivity index (χ1n) is 10.7. The summed E-state index contributed by atoms with van der Waals surface area (Å²) in [6.07, 6.45) is 7.90. The van der Waals surface area contributed by atoms with Crippen molar-refractivity contribution >= 4 is 11.4 Å². The van der Waals surface area contributed by atoms with Gasteiger partial charge in [0.1, 0.15) is 5.75 Å². The molecule has 3 nitrogen and oxygen atoms in total. The summed E-state index contributed by atoms with van der Waals surface area (Å²) in [5, 5.41) is 0. The molecule has 3 heteroatoms. The van der Waals surface area contributed by atoms with Gasteiger partial charge in [0.25, 0.3) is 0 Å². The molecule has 0 aliphatic carbocycles. The van der Waals surface area contributed by atoms with Crippen LogP contribution in [0.1, 0.15) is 45.4 Å². The Hall–Kier alpha value is -2.94. The first-order chi connectivity index (χ1) is 14.4. The van der Waals surface area contributed by atoms with Gasteiger partial charge in [-0.2, -0.15) is 0 Å². The van der Waals surface area contributed by atoms with Crippen molar-refractivity contribution in [3.05, 3.63) is 91.0 Å². The standard InChI is InChI=1S/C14H22O.C12H12N2/c1-2-3-4-5-6-10-13-15-14-11-8-7-9-12-14;1-3-7-11(8-4-1)13-14-12-9-5-2-6-10-12/h7-9,11-12H,2-6,10,13H2,1H3;1-10,13-14H. The Labute approximate surface area is 176 Å². The molecule has 0 fully saturated rings. The van der Waals surface area contributed by atoms with E-state index < -0.39 is 0 Å². The molecule has 0 unspecified atom stereocenters. The Kier molecular flexibility index (Phi) is 11.6. The molecule has 0 aliphatic rings. The number of rotatable bonds is 11. The lowest BCUT2D eigenvalue weighted by Crippen LogP contribution is -2.07. The predicted octanol–water partition coefficient (Wildman–Crippen LogP) is 7.55. The van der Waals surface area contributed by atoms with E-state index in [2.05, 4.69) is 17.8 Å². The Morgan fingerprint density at radius 2 is 1.00 bits per heavy atom. The molecule has 154 valence electrons. The van der Waals surface area contributed by atoms with Gasteiger partial charge in [-0.15, -0.1) is 0 Å². The summed E-state index contributed by atoms with van der Waals surface area (Å²) in [7, 11) is 0. The summed E-state index contributed by atoms with van der Waals surface area (Å²) >= 11 is 0. The monoisotopic (exact) mass is 390 g/mol. The summed E-state index contributed by atoms with van der Waals surface area (Å²) in [5.41, 5.74) is 8.33. The zero-order chi connectivity index (χ0) is 20.4. The van der Waals surface area contributed by atoms with Crippen LogP contribution < -0.4 is 15.6 Å². The van der Waals surface area contributed by atoms with Crippen molar-refractivity contribution in [1.82, 2.24) is 0 Å². The SMILES string of the molecule is CCCCCCCCOc1ccccc1.c1ccc(NNc2ccccc2)cc1. The third-order valence-corrected chi connectivity index (χ3v) is 4.41. The molecular formula is C26H34N2O. The second-order valence-electron chi connectivity index (χ2n) is 6.91. The number of nitrogens with one attached hydrogen (secondary N) is 2. The Morgan fingerprint density at radius 1 is 0.552 bits per heavy atom. The van der Waals surface area contributed by atoms with Crippen LogP contribution in [0.25, 0.3) is 0 Å². The third kappa shape index (κ3) is 10.8. The highest BCUT2D eigenvalue weighted by Gasteiger charge is 1.92. The zero-order valence-electron chi connectivity index (χ0n) is 17.5. The lowest BCUT2D eigenvalue weighted by molar-refractivity contribution is 0.304. The number of hydrazine groups is 1. The highest BCUT2D eigenvalue weighted by molar-refractivity contribution is 5.51. The topological polar surface area (TPSA) is 33.3 Å². The second-order valence-corrected chi connectivity index (χ2v) is 6.91. The van der Waals surface area contributed by atoms with Gasteiger partial charge < -0.3 is 15.6 Å². The van der Waals surface area contributed by atoms with Crippen molar-refractivity contribution in [3.63, 3.8) is 0 Å². The average molecular weight is 391 g/mol. The average Bonchev–Trinajstić information content (AvgIpc) is 2.80. The largest absolute Gasteiger partial charge is 0.494 e. The van der Waals surface area contributed by atoms with Crippen LogP contribution in [0.4, 0.5) is 11.4 Å². The summed E-state index contributed by atoms with van der Waals surface area (Å²) in [4.78, 5) is 0. The van der Waals surface area contributed by atoms with E-state index in [1.54, 1.807) is 0 Å². The molecular weight excluding hydrogens is 356 g/mol. The first kappa shape index (κ1) is 22.4. The lowest BCUT2D eigenvalue weighted by Gasteiger charge is -2.08. The smallest absolute Gasteiger partial charge is 0.119 e. The van der Waals surface area contributed by atoms with E-state index in [-0.39, 0.29) is 0 Å². The van der Waals surface area contributed by atoms with Crippen molar-refractivity contribution in [1.29, 1.82) is 0 Å². The minimum atomic E-state index is 0.857. The van der Waals surface area contributed by atoms with Gasteiger partial charge in [-0.25, -0.2) is 0 Å². The minimum absolute atomic E-state index is 0.857. The maximum Gasteiger partial charge on any atom is 0.119 e. The Morgan fingerprint density at radius 3 is 1.52 bits per heavy atom. The number of hydrogen-bond acceptors (Lipinski definition) is 3. The van der Waals surface area contributed by atoms with Crippen molar-refractivity contribution in [3.8, 4) is 5.75 Å². The number of ether oxygens (including phenoxy) is 1. The van der Waals surface area contributed by atoms with E-state index in [4.69, 9.17) is 4.74 Å². The van der Waals surface area contributed by atoms with E-state index in [1.807, 2.05) is 91.0 Å². The maximum atomic E-state index is 5.61. The van der Waals surface area contributed by atoms with Crippen molar-refractivity contribution in [2.45, 2.75) is 45.4 Å². The zero-order valence-corrected chi connectivity index (χ0v) is 17.5. The Bertz CT molecular complexity index is 693. The normalized spacial score (nSPS) is 9.83. The number of benzene rings is 3. The molecule has 3 aromatic carbocycles. The maximum absolute atomic E-state index is 5.61. The molecule has 0 atom stereocenters. The van der Waals surface area contributed by atoms with E-state index in [0.717, 1.165) is 23.7 Å². The van der Waals surface area contributed by atoms with Crippen molar-refractivity contribution < 1.29 is 4.74 Å². The van der Waals surface area contributed by atoms with Gasteiger partial charge in [-0.1, -0.05) is 93.6 Å². The van der Waals surface area contributed by atoms with Crippen LogP contribution in [0, 0.1) is 0 Å². The fourth-order valence-corrected chi connectivity index (χ4v) is 2.78. The molecule has 29 heavy (non-hydrogen) atoms. The predicted molar refractivity (Wildman–Crippen MR) is 125 cm³/mol. The van der Waals surface area contributed by atoms with E-state index in [9.17, 15) is 0 Å². The molecule has 3 rings (SSSR count).